The van der Waals surface area contributed by atoms with Crippen molar-refractivity contribution >= 4 is 5.91 Å². The van der Waals surface area contributed by atoms with Crippen molar-refractivity contribution in [3.63, 3.8) is 0 Å². The number of piperidine rings is 1. The molecule has 0 bridgehead atoms. The molecule has 128 valence electrons. The van der Waals surface area contributed by atoms with Gasteiger partial charge in [0, 0.05) is 38.6 Å². The van der Waals surface area contributed by atoms with E-state index in [1.807, 2.05) is 29.2 Å². The minimum absolute atomic E-state index is 0.147. The zero-order valence-electron chi connectivity index (χ0n) is 14.1. The molecule has 24 heavy (non-hydrogen) atoms. The van der Waals surface area contributed by atoms with Crippen molar-refractivity contribution in [2.45, 2.75) is 25.4 Å². The molecule has 0 radical (unpaired) electrons. The Labute approximate surface area is 141 Å². The van der Waals surface area contributed by atoms with Crippen LogP contribution in [-0.4, -0.2) is 52.8 Å². The molecule has 1 fully saturated rings. The van der Waals surface area contributed by atoms with Crippen molar-refractivity contribution in [1.29, 1.82) is 0 Å². The fourth-order valence-corrected chi connectivity index (χ4v) is 3.06. The molecule has 1 amide bonds. The van der Waals surface area contributed by atoms with Gasteiger partial charge in [0.25, 0.3) is 5.91 Å². The molecule has 1 saturated heterocycles. The largest absolute Gasteiger partial charge is 0.481 e. The van der Waals surface area contributed by atoms with E-state index in [9.17, 15) is 4.79 Å². The number of pyridine rings is 1. The fourth-order valence-electron chi connectivity index (χ4n) is 3.06. The zero-order chi connectivity index (χ0) is 16.9. The number of hydrogen-bond acceptors (Lipinski definition) is 5. The van der Waals surface area contributed by atoms with Crippen molar-refractivity contribution in [3.8, 4) is 5.88 Å². The minimum Gasteiger partial charge on any atom is -0.481 e. The quantitative estimate of drug-likeness (QED) is 0.900. The van der Waals surface area contributed by atoms with E-state index in [0.29, 0.717) is 17.6 Å². The van der Waals surface area contributed by atoms with Crippen LogP contribution in [0, 0.1) is 0 Å². The predicted octanol–water partition coefficient (Wildman–Crippen LogP) is 1.48. The van der Waals surface area contributed by atoms with Crippen LogP contribution >= 0.6 is 0 Å². The number of rotatable bonds is 5. The Morgan fingerprint density at radius 3 is 3.00 bits per heavy atom. The van der Waals surface area contributed by atoms with Gasteiger partial charge in [-0.1, -0.05) is 6.07 Å². The maximum Gasteiger partial charge on any atom is 0.271 e. The van der Waals surface area contributed by atoms with Crippen LogP contribution in [0.4, 0.5) is 0 Å². The van der Waals surface area contributed by atoms with Gasteiger partial charge in [0.2, 0.25) is 5.88 Å². The molecular weight excluding hydrogens is 306 g/mol. The summed E-state index contributed by atoms with van der Waals surface area (Å²) in [6.07, 6.45) is 5.95. The summed E-state index contributed by atoms with van der Waals surface area (Å²) in [4.78, 5) is 18.3. The monoisotopic (exact) mass is 329 g/mol. The highest BCUT2D eigenvalue weighted by molar-refractivity contribution is 5.91. The van der Waals surface area contributed by atoms with Crippen LogP contribution in [0.1, 0.15) is 34.9 Å². The Hall–Kier alpha value is -2.41. The molecule has 3 rings (SSSR count). The van der Waals surface area contributed by atoms with Gasteiger partial charge in [-0.15, -0.1) is 0 Å². The Bertz CT molecular complexity index is 683. The average Bonchev–Trinajstić information content (AvgIpc) is 3.12. The summed E-state index contributed by atoms with van der Waals surface area (Å²) < 4.78 is 7.02. The van der Waals surface area contributed by atoms with Gasteiger partial charge in [-0.2, -0.15) is 5.10 Å². The number of nitrogens with one attached hydrogen (secondary N) is 1. The first-order valence-corrected chi connectivity index (χ1v) is 8.18. The fraction of sp³-hybridized carbons (Fsp3) is 0.471. The van der Waals surface area contributed by atoms with Crippen LogP contribution < -0.4 is 10.1 Å². The van der Waals surface area contributed by atoms with Crippen LogP contribution in [-0.2, 0) is 6.54 Å². The maximum absolute atomic E-state index is 11.7. The summed E-state index contributed by atoms with van der Waals surface area (Å²) in [6, 6.07) is 6.00. The number of aromatic nitrogens is 3. The number of carbonyl (C=O) groups is 1. The molecule has 7 nitrogen and oxygen atoms in total. The van der Waals surface area contributed by atoms with Crippen molar-refractivity contribution in [3.05, 3.63) is 41.9 Å². The Kier molecular flexibility index (Phi) is 5.10. The lowest BCUT2D eigenvalue weighted by molar-refractivity contribution is 0.0955. The second kappa shape index (κ2) is 7.44. The Morgan fingerprint density at radius 1 is 1.42 bits per heavy atom. The lowest BCUT2D eigenvalue weighted by Gasteiger charge is -2.32. The van der Waals surface area contributed by atoms with Crippen LogP contribution in [0.25, 0.3) is 0 Å². The molecule has 0 unspecified atom stereocenters. The first kappa shape index (κ1) is 16.4. The van der Waals surface area contributed by atoms with Gasteiger partial charge in [-0.05, 0) is 31.0 Å². The van der Waals surface area contributed by atoms with E-state index in [-0.39, 0.29) is 5.91 Å². The molecule has 0 spiro atoms. The third-order valence-corrected chi connectivity index (χ3v) is 4.34. The molecule has 1 aliphatic heterocycles. The topological polar surface area (TPSA) is 72.3 Å². The predicted molar refractivity (Wildman–Crippen MR) is 90.0 cm³/mol. The van der Waals surface area contributed by atoms with Crippen LogP contribution in [0.15, 0.2) is 30.6 Å². The number of ether oxygens (including phenoxy) is 1. The number of methoxy groups -OCH3 is 1. The highest BCUT2D eigenvalue weighted by Gasteiger charge is 2.22. The van der Waals surface area contributed by atoms with Gasteiger partial charge in [0.1, 0.15) is 5.69 Å². The van der Waals surface area contributed by atoms with E-state index in [0.717, 1.165) is 32.5 Å². The molecule has 1 aliphatic rings. The molecule has 2 aromatic rings. The summed E-state index contributed by atoms with van der Waals surface area (Å²) in [5.74, 6) is 0.485. The maximum atomic E-state index is 11.7. The van der Waals surface area contributed by atoms with Crippen molar-refractivity contribution in [2.75, 3.05) is 27.2 Å². The Balaban J connectivity index is 1.63. The molecular formula is C17H23N5O2. The first-order valence-electron chi connectivity index (χ1n) is 8.18. The summed E-state index contributed by atoms with van der Waals surface area (Å²) in [5.41, 5.74) is 1.64. The van der Waals surface area contributed by atoms with Crippen LogP contribution in [0.5, 0.6) is 5.88 Å². The third-order valence-electron chi connectivity index (χ3n) is 4.34. The number of amides is 1. The van der Waals surface area contributed by atoms with Crippen molar-refractivity contribution < 1.29 is 9.53 Å². The molecule has 1 N–H and O–H groups in total. The standard InChI is InChI=1S/C17H23N5O2/c1-18-17(23)15-7-9-22(20-15)14-4-3-8-21(12-14)11-13-5-6-16(24-2)19-10-13/h5-7,9-10,14H,3-4,8,11-12H2,1-2H3,(H,18,23)/t14-/m1/s1. The Morgan fingerprint density at radius 2 is 2.29 bits per heavy atom. The molecule has 7 heteroatoms. The second-order valence-electron chi connectivity index (χ2n) is 6.00. The second-order valence-corrected chi connectivity index (χ2v) is 6.00. The average molecular weight is 329 g/mol. The SMILES string of the molecule is CNC(=O)c1ccn([C@@H]2CCCN(Cc3ccc(OC)nc3)C2)n1. The van der Waals surface area contributed by atoms with E-state index in [1.54, 1.807) is 20.2 Å². The van der Waals surface area contributed by atoms with Gasteiger partial charge < -0.3 is 10.1 Å². The summed E-state index contributed by atoms with van der Waals surface area (Å²) in [7, 11) is 3.24. The molecule has 0 aromatic carbocycles. The molecule has 2 aromatic heterocycles. The lowest BCUT2D eigenvalue weighted by atomic mass is 10.1. The zero-order valence-corrected chi connectivity index (χ0v) is 14.1. The first-order chi connectivity index (χ1) is 11.7. The lowest BCUT2D eigenvalue weighted by Crippen LogP contribution is -2.36. The number of nitrogens with zero attached hydrogens (tertiary/aromatic N) is 4. The molecule has 3 heterocycles. The summed E-state index contributed by atoms with van der Waals surface area (Å²) in [5, 5.41) is 7.02. The highest BCUT2D eigenvalue weighted by atomic mass is 16.5. The van der Waals surface area contributed by atoms with E-state index < -0.39 is 0 Å². The van der Waals surface area contributed by atoms with Crippen LogP contribution in [0.3, 0.4) is 0 Å². The minimum atomic E-state index is -0.147. The third kappa shape index (κ3) is 3.73. The van der Waals surface area contributed by atoms with Gasteiger partial charge in [0.15, 0.2) is 0 Å². The van der Waals surface area contributed by atoms with E-state index >= 15 is 0 Å². The normalized spacial score (nSPS) is 18.3. The number of hydrogen-bond donors (Lipinski definition) is 1. The molecule has 1 atom stereocenters. The van der Waals surface area contributed by atoms with Crippen molar-refractivity contribution in [1.82, 2.24) is 25.0 Å². The van der Waals surface area contributed by atoms with E-state index in [4.69, 9.17) is 4.74 Å². The van der Waals surface area contributed by atoms with Gasteiger partial charge in [-0.25, -0.2) is 4.98 Å². The number of carbonyl (C=O) groups excluding carboxylic acids is 1. The summed E-state index contributed by atoms with van der Waals surface area (Å²) >= 11 is 0. The van der Waals surface area contributed by atoms with Gasteiger partial charge in [0.05, 0.1) is 13.2 Å². The molecule has 0 saturated carbocycles. The van der Waals surface area contributed by atoms with Crippen LogP contribution in [0.2, 0.25) is 0 Å². The van der Waals surface area contributed by atoms with E-state index in [2.05, 4.69) is 20.3 Å². The molecule has 0 aliphatic carbocycles. The van der Waals surface area contributed by atoms with Gasteiger partial charge in [-0.3, -0.25) is 14.4 Å². The highest BCUT2D eigenvalue weighted by Crippen LogP contribution is 2.22. The smallest absolute Gasteiger partial charge is 0.271 e. The van der Waals surface area contributed by atoms with Gasteiger partial charge >= 0.3 is 0 Å². The summed E-state index contributed by atoms with van der Waals surface area (Å²) in [6.45, 7) is 2.84. The van der Waals surface area contributed by atoms with E-state index in [1.165, 1.54) is 5.56 Å². The van der Waals surface area contributed by atoms with Crippen molar-refractivity contribution in [2.24, 2.45) is 0 Å². The number of likely N-dealkylation sites (tertiary alicyclic amines) is 1.